The molecule has 2 aromatic carbocycles. The predicted octanol–water partition coefficient (Wildman–Crippen LogP) is 3.32. The first kappa shape index (κ1) is 18.8. The molecule has 0 saturated heterocycles. The SMILES string of the molecule is CN=C(NCCc1c[nH]c2ccccc12)NCc1ccc(Cn2ccnc2)cc1. The standard InChI is InChI=1S/C23H26N6/c1-24-23(26-11-10-20-15-27-22-5-3-2-4-21(20)22)28-14-18-6-8-19(9-7-18)16-29-13-12-25-17-29/h2-9,12-13,15,17,27H,10-11,14,16H2,1H3,(H2,24,26,28). The van der Waals surface area contributed by atoms with E-state index in [9.17, 15) is 0 Å². The number of aliphatic imine (C=N–C) groups is 1. The van der Waals surface area contributed by atoms with E-state index in [1.165, 1.54) is 27.6 Å². The van der Waals surface area contributed by atoms with Gasteiger partial charge in [0.25, 0.3) is 0 Å². The molecule has 2 heterocycles. The van der Waals surface area contributed by atoms with Crippen molar-refractivity contribution in [2.45, 2.75) is 19.5 Å². The average molecular weight is 387 g/mol. The summed E-state index contributed by atoms with van der Waals surface area (Å²) >= 11 is 0. The first-order valence-electron chi connectivity index (χ1n) is 9.85. The lowest BCUT2D eigenvalue weighted by Crippen LogP contribution is -2.37. The van der Waals surface area contributed by atoms with E-state index in [2.05, 4.69) is 84.9 Å². The first-order chi connectivity index (χ1) is 14.3. The van der Waals surface area contributed by atoms with Crippen LogP contribution in [0.2, 0.25) is 0 Å². The molecule has 0 saturated carbocycles. The molecule has 29 heavy (non-hydrogen) atoms. The van der Waals surface area contributed by atoms with E-state index in [0.29, 0.717) is 0 Å². The van der Waals surface area contributed by atoms with Crippen molar-refractivity contribution in [3.8, 4) is 0 Å². The molecule has 2 aromatic heterocycles. The van der Waals surface area contributed by atoms with Crippen molar-refractivity contribution < 1.29 is 0 Å². The van der Waals surface area contributed by atoms with E-state index in [-0.39, 0.29) is 0 Å². The van der Waals surface area contributed by atoms with Gasteiger partial charge in [-0.2, -0.15) is 0 Å². The Bertz CT molecular complexity index is 1060. The summed E-state index contributed by atoms with van der Waals surface area (Å²) in [7, 11) is 1.80. The normalized spacial score (nSPS) is 11.7. The van der Waals surface area contributed by atoms with Crippen LogP contribution in [-0.4, -0.2) is 34.1 Å². The number of fused-ring (bicyclic) bond motifs is 1. The number of aromatic nitrogens is 3. The summed E-state index contributed by atoms with van der Waals surface area (Å²) in [5.74, 6) is 0.812. The van der Waals surface area contributed by atoms with Crippen LogP contribution >= 0.6 is 0 Å². The maximum Gasteiger partial charge on any atom is 0.191 e. The molecule has 0 amide bonds. The Morgan fingerprint density at radius 2 is 1.90 bits per heavy atom. The number of hydrogen-bond acceptors (Lipinski definition) is 2. The van der Waals surface area contributed by atoms with E-state index in [1.807, 2.05) is 12.5 Å². The smallest absolute Gasteiger partial charge is 0.191 e. The van der Waals surface area contributed by atoms with Crippen molar-refractivity contribution in [1.82, 2.24) is 25.2 Å². The minimum Gasteiger partial charge on any atom is -0.361 e. The van der Waals surface area contributed by atoms with Crippen LogP contribution in [-0.2, 0) is 19.5 Å². The van der Waals surface area contributed by atoms with Gasteiger partial charge in [0.2, 0.25) is 0 Å². The van der Waals surface area contributed by atoms with Crippen molar-refractivity contribution in [2.75, 3.05) is 13.6 Å². The van der Waals surface area contributed by atoms with Crippen molar-refractivity contribution in [3.05, 3.63) is 90.1 Å². The lowest BCUT2D eigenvalue weighted by Gasteiger charge is -2.12. The van der Waals surface area contributed by atoms with Crippen LogP contribution in [0.3, 0.4) is 0 Å². The fraction of sp³-hybridized carbons (Fsp3) is 0.217. The van der Waals surface area contributed by atoms with Gasteiger partial charge >= 0.3 is 0 Å². The summed E-state index contributed by atoms with van der Waals surface area (Å²) in [4.78, 5) is 11.7. The maximum absolute atomic E-state index is 4.33. The topological polar surface area (TPSA) is 70.0 Å². The zero-order valence-corrected chi connectivity index (χ0v) is 16.6. The van der Waals surface area contributed by atoms with Gasteiger partial charge in [-0.15, -0.1) is 0 Å². The molecule has 4 aromatic rings. The van der Waals surface area contributed by atoms with E-state index in [0.717, 1.165) is 32.0 Å². The molecule has 0 aliphatic heterocycles. The van der Waals surface area contributed by atoms with Crippen LogP contribution in [0.25, 0.3) is 10.9 Å². The fourth-order valence-corrected chi connectivity index (χ4v) is 3.41. The second kappa shape index (κ2) is 9.10. The highest BCUT2D eigenvalue weighted by atomic mass is 15.2. The summed E-state index contributed by atoms with van der Waals surface area (Å²) in [6.07, 6.45) is 8.64. The Morgan fingerprint density at radius 3 is 2.69 bits per heavy atom. The van der Waals surface area contributed by atoms with Crippen molar-refractivity contribution in [2.24, 2.45) is 4.99 Å². The van der Waals surface area contributed by atoms with Gasteiger partial charge < -0.3 is 20.2 Å². The third-order valence-corrected chi connectivity index (χ3v) is 4.99. The predicted molar refractivity (Wildman–Crippen MR) is 118 cm³/mol. The summed E-state index contributed by atoms with van der Waals surface area (Å²) in [5.41, 5.74) is 4.98. The van der Waals surface area contributed by atoms with Crippen LogP contribution in [0, 0.1) is 0 Å². The molecule has 0 fully saturated rings. The molecule has 148 valence electrons. The number of guanidine groups is 1. The highest BCUT2D eigenvalue weighted by Gasteiger charge is 2.04. The van der Waals surface area contributed by atoms with Gasteiger partial charge in [0, 0.05) is 56.2 Å². The molecule has 4 rings (SSSR count). The molecule has 6 heteroatoms. The van der Waals surface area contributed by atoms with Crippen molar-refractivity contribution in [3.63, 3.8) is 0 Å². The largest absolute Gasteiger partial charge is 0.361 e. The number of rotatable bonds is 7. The molecule has 0 aliphatic rings. The van der Waals surface area contributed by atoms with Gasteiger partial charge in [-0.05, 0) is 29.2 Å². The Hall–Kier alpha value is -3.54. The third kappa shape index (κ3) is 4.85. The molecule has 0 bridgehead atoms. The van der Waals surface area contributed by atoms with Crippen molar-refractivity contribution >= 4 is 16.9 Å². The zero-order valence-electron chi connectivity index (χ0n) is 16.6. The van der Waals surface area contributed by atoms with Crippen LogP contribution in [0.5, 0.6) is 0 Å². The quantitative estimate of drug-likeness (QED) is 0.337. The second-order valence-electron chi connectivity index (χ2n) is 7.01. The third-order valence-electron chi connectivity index (χ3n) is 4.99. The lowest BCUT2D eigenvalue weighted by molar-refractivity contribution is 0.788. The minimum atomic E-state index is 0.734. The maximum atomic E-state index is 4.33. The summed E-state index contributed by atoms with van der Waals surface area (Å²) in [6, 6.07) is 17.0. The number of H-pyrrole nitrogens is 1. The number of imidazole rings is 1. The molecule has 0 unspecified atom stereocenters. The molecular weight excluding hydrogens is 360 g/mol. The summed E-state index contributed by atoms with van der Waals surface area (Å²) in [6.45, 7) is 2.40. The molecule has 0 radical (unpaired) electrons. The van der Waals surface area contributed by atoms with E-state index < -0.39 is 0 Å². The molecule has 3 N–H and O–H groups in total. The molecule has 0 aliphatic carbocycles. The Labute approximate surface area is 170 Å². The highest BCUT2D eigenvalue weighted by Crippen LogP contribution is 2.17. The Morgan fingerprint density at radius 1 is 1.07 bits per heavy atom. The van der Waals surface area contributed by atoms with Gasteiger partial charge in [-0.3, -0.25) is 4.99 Å². The molecule has 0 atom stereocenters. The number of nitrogens with zero attached hydrogens (tertiary/aromatic N) is 3. The van der Waals surface area contributed by atoms with Crippen LogP contribution in [0.15, 0.2) is 78.4 Å². The van der Waals surface area contributed by atoms with Gasteiger partial charge in [-0.25, -0.2) is 4.98 Å². The molecule has 0 spiro atoms. The van der Waals surface area contributed by atoms with Crippen molar-refractivity contribution in [1.29, 1.82) is 0 Å². The monoisotopic (exact) mass is 386 g/mol. The van der Waals surface area contributed by atoms with Crippen LogP contribution < -0.4 is 10.6 Å². The van der Waals surface area contributed by atoms with Crippen LogP contribution in [0.1, 0.15) is 16.7 Å². The van der Waals surface area contributed by atoms with E-state index >= 15 is 0 Å². The molecule has 6 nitrogen and oxygen atoms in total. The van der Waals surface area contributed by atoms with E-state index in [4.69, 9.17) is 0 Å². The second-order valence-corrected chi connectivity index (χ2v) is 7.01. The minimum absolute atomic E-state index is 0.734. The Balaban J connectivity index is 1.25. The van der Waals surface area contributed by atoms with Crippen LogP contribution in [0.4, 0.5) is 0 Å². The number of benzene rings is 2. The lowest BCUT2D eigenvalue weighted by atomic mass is 10.1. The summed E-state index contributed by atoms with van der Waals surface area (Å²) < 4.78 is 2.06. The average Bonchev–Trinajstić information content (AvgIpc) is 3.42. The first-order valence-corrected chi connectivity index (χ1v) is 9.85. The zero-order chi connectivity index (χ0) is 19.9. The van der Waals surface area contributed by atoms with Gasteiger partial charge in [-0.1, -0.05) is 42.5 Å². The number of para-hydroxylation sites is 1. The van der Waals surface area contributed by atoms with Gasteiger partial charge in [0.05, 0.1) is 6.33 Å². The number of aromatic amines is 1. The van der Waals surface area contributed by atoms with E-state index in [1.54, 1.807) is 13.2 Å². The molecular formula is C23H26N6. The fourth-order valence-electron chi connectivity index (χ4n) is 3.41. The number of nitrogens with one attached hydrogen (secondary N) is 3. The Kier molecular flexibility index (Phi) is 5.90. The van der Waals surface area contributed by atoms with Gasteiger partial charge in [0.15, 0.2) is 5.96 Å². The summed E-state index contributed by atoms with van der Waals surface area (Å²) in [5, 5.41) is 8.07. The highest BCUT2D eigenvalue weighted by molar-refractivity contribution is 5.83. The van der Waals surface area contributed by atoms with Gasteiger partial charge in [0.1, 0.15) is 0 Å². The number of hydrogen-bond donors (Lipinski definition) is 3.